The van der Waals surface area contributed by atoms with Gasteiger partial charge < -0.3 is 14.0 Å². The molecule has 0 fully saturated rings. The Kier molecular flexibility index (Phi) is 3.94. The number of benzene rings is 2. The molecular weight excluding hydrogens is 320 g/mol. The van der Waals surface area contributed by atoms with Crippen LogP contribution in [0.3, 0.4) is 0 Å². The molecule has 122 valence electrons. The summed E-state index contributed by atoms with van der Waals surface area (Å²) in [5, 5.41) is 1.07. The summed E-state index contributed by atoms with van der Waals surface area (Å²) >= 11 is 1.80. The van der Waals surface area contributed by atoms with E-state index >= 15 is 0 Å². The number of thioether (sulfide) groups is 1. The summed E-state index contributed by atoms with van der Waals surface area (Å²) in [6.45, 7) is 0.976. The molecule has 0 aliphatic carbocycles. The first kappa shape index (κ1) is 15.1. The minimum Gasteiger partial charge on any atom is -0.497 e. The van der Waals surface area contributed by atoms with Crippen LogP contribution in [0.5, 0.6) is 11.5 Å². The Morgan fingerprint density at radius 2 is 1.62 bits per heavy atom. The monoisotopic (exact) mass is 338 g/mol. The van der Waals surface area contributed by atoms with E-state index in [4.69, 9.17) is 14.5 Å². The van der Waals surface area contributed by atoms with Gasteiger partial charge in [0.2, 0.25) is 0 Å². The minimum absolute atomic E-state index is 0.838. The molecule has 0 amide bonds. The van der Waals surface area contributed by atoms with Crippen LogP contribution in [0.1, 0.15) is 0 Å². The molecule has 0 saturated carbocycles. The molecule has 2 heterocycles. The van der Waals surface area contributed by atoms with Gasteiger partial charge in [-0.2, -0.15) is 0 Å². The van der Waals surface area contributed by atoms with Crippen molar-refractivity contribution in [2.45, 2.75) is 11.7 Å². The lowest BCUT2D eigenvalue weighted by molar-refractivity contribution is 0.415. The molecule has 1 aliphatic rings. The predicted molar refractivity (Wildman–Crippen MR) is 96.9 cm³/mol. The van der Waals surface area contributed by atoms with Gasteiger partial charge in [0, 0.05) is 23.4 Å². The zero-order chi connectivity index (χ0) is 16.5. The van der Waals surface area contributed by atoms with Crippen molar-refractivity contribution in [3.05, 3.63) is 48.5 Å². The Morgan fingerprint density at radius 3 is 2.33 bits per heavy atom. The Balaban J connectivity index is 1.92. The minimum atomic E-state index is 0.838. The quantitative estimate of drug-likeness (QED) is 0.709. The van der Waals surface area contributed by atoms with Crippen molar-refractivity contribution in [1.29, 1.82) is 0 Å². The molecule has 0 spiro atoms. The van der Waals surface area contributed by atoms with Gasteiger partial charge in [-0.3, -0.25) is 0 Å². The van der Waals surface area contributed by atoms with Crippen LogP contribution in [0, 0.1) is 0 Å². The number of methoxy groups -OCH3 is 2. The van der Waals surface area contributed by atoms with Gasteiger partial charge in [0.25, 0.3) is 0 Å². The molecule has 0 radical (unpaired) electrons. The first-order chi connectivity index (χ1) is 11.8. The smallest absolute Gasteiger partial charge is 0.169 e. The van der Waals surface area contributed by atoms with Gasteiger partial charge in [-0.15, -0.1) is 0 Å². The van der Waals surface area contributed by atoms with E-state index in [-0.39, 0.29) is 0 Å². The molecule has 4 nitrogen and oxygen atoms in total. The molecule has 0 N–H and O–H groups in total. The van der Waals surface area contributed by atoms with E-state index in [1.54, 1.807) is 26.0 Å². The summed E-state index contributed by atoms with van der Waals surface area (Å²) in [5.41, 5.74) is 4.31. The van der Waals surface area contributed by atoms with Crippen molar-refractivity contribution in [3.8, 4) is 34.0 Å². The molecule has 1 aliphatic heterocycles. The van der Waals surface area contributed by atoms with Crippen molar-refractivity contribution in [3.63, 3.8) is 0 Å². The highest BCUT2D eigenvalue weighted by molar-refractivity contribution is 7.99. The molecular formula is C19H18N2O2S. The summed E-state index contributed by atoms with van der Waals surface area (Å²) in [7, 11) is 3.38. The Bertz CT molecular complexity index is 889. The lowest BCUT2D eigenvalue weighted by Crippen LogP contribution is -1.98. The van der Waals surface area contributed by atoms with Crippen molar-refractivity contribution < 1.29 is 9.47 Å². The molecule has 2 aromatic carbocycles. The Morgan fingerprint density at radius 1 is 0.958 bits per heavy atom. The van der Waals surface area contributed by atoms with Crippen LogP contribution in [0.15, 0.2) is 53.7 Å². The topological polar surface area (TPSA) is 36.3 Å². The Hall–Kier alpha value is -2.40. The summed E-state index contributed by atoms with van der Waals surface area (Å²) in [5.74, 6) is 2.76. The number of aromatic nitrogens is 2. The van der Waals surface area contributed by atoms with Crippen LogP contribution in [-0.4, -0.2) is 29.5 Å². The number of imidazole rings is 1. The summed E-state index contributed by atoms with van der Waals surface area (Å²) in [6.07, 6.45) is 0. The lowest BCUT2D eigenvalue weighted by atomic mass is 10.0. The number of rotatable bonds is 4. The van der Waals surface area contributed by atoms with Gasteiger partial charge in [0.15, 0.2) is 5.16 Å². The third kappa shape index (κ3) is 2.55. The van der Waals surface area contributed by atoms with E-state index in [0.29, 0.717) is 0 Å². The van der Waals surface area contributed by atoms with Crippen LogP contribution in [-0.2, 0) is 6.54 Å². The highest BCUT2D eigenvalue weighted by Gasteiger charge is 2.24. The summed E-state index contributed by atoms with van der Waals surface area (Å²) in [6, 6.07) is 16.2. The van der Waals surface area contributed by atoms with Gasteiger partial charge in [-0.25, -0.2) is 4.98 Å². The van der Waals surface area contributed by atoms with E-state index in [0.717, 1.165) is 51.5 Å². The fourth-order valence-electron chi connectivity index (χ4n) is 3.01. The first-order valence-corrected chi connectivity index (χ1v) is 8.81. The average molecular weight is 338 g/mol. The average Bonchev–Trinajstić information content (AvgIpc) is 3.22. The normalized spacial score (nSPS) is 12.9. The summed E-state index contributed by atoms with van der Waals surface area (Å²) in [4.78, 5) is 4.90. The van der Waals surface area contributed by atoms with Crippen LogP contribution in [0.4, 0.5) is 0 Å². The van der Waals surface area contributed by atoms with Gasteiger partial charge in [0.05, 0.1) is 25.6 Å². The second-order valence-corrected chi connectivity index (χ2v) is 6.62. The van der Waals surface area contributed by atoms with E-state index in [2.05, 4.69) is 22.8 Å². The second-order valence-electron chi connectivity index (χ2n) is 5.56. The van der Waals surface area contributed by atoms with Crippen molar-refractivity contribution in [2.24, 2.45) is 0 Å². The van der Waals surface area contributed by atoms with Gasteiger partial charge in [0.1, 0.15) is 11.5 Å². The highest BCUT2D eigenvalue weighted by atomic mass is 32.2. The molecule has 0 atom stereocenters. The van der Waals surface area contributed by atoms with Crippen molar-refractivity contribution in [1.82, 2.24) is 9.55 Å². The zero-order valence-electron chi connectivity index (χ0n) is 13.7. The van der Waals surface area contributed by atoms with Crippen LogP contribution in [0.2, 0.25) is 0 Å². The van der Waals surface area contributed by atoms with Gasteiger partial charge >= 0.3 is 0 Å². The van der Waals surface area contributed by atoms with Crippen molar-refractivity contribution >= 4 is 11.8 Å². The first-order valence-electron chi connectivity index (χ1n) is 7.82. The van der Waals surface area contributed by atoms with Crippen molar-refractivity contribution in [2.75, 3.05) is 20.0 Å². The number of hydrogen-bond donors (Lipinski definition) is 0. The van der Waals surface area contributed by atoms with E-state index in [1.807, 2.05) is 30.3 Å². The van der Waals surface area contributed by atoms with Gasteiger partial charge in [-0.05, 0) is 24.3 Å². The molecule has 24 heavy (non-hydrogen) atoms. The Labute approximate surface area is 145 Å². The molecule has 3 aromatic rings. The molecule has 0 bridgehead atoms. The molecule has 0 unspecified atom stereocenters. The SMILES string of the molecule is COc1cccc(-c2nc3n(c2-c2cccc(OC)c2)CCS3)c1. The molecule has 4 rings (SSSR count). The predicted octanol–water partition coefficient (Wildman–Crippen LogP) is 4.34. The zero-order valence-corrected chi connectivity index (χ0v) is 14.5. The third-order valence-corrected chi connectivity index (χ3v) is 5.12. The third-order valence-electron chi connectivity index (χ3n) is 4.16. The molecule has 0 saturated heterocycles. The number of fused-ring (bicyclic) bond motifs is 1. The van der Waals surface area contributed by atoms with Gasteiger partial charge in [-0.1, -0.05) is 36.0 Å². The molecule has 1 aromatic heterocycles. The number of nitrogens with zero attached hydrogens (tertiary/aromatic N) is 2. The standard InChI is InChI=1S/C19H18N2O2S/c1-22-15-7-3-5-13(11-15)17-18(21-9-10-24-19(21)20-17)14-6-4-8-16(12-14)23-2/h3-8,11-12H,9-10H2,1-2H3. The summed E-state index contributed by atoms with van der Waals surface area (Å²) < 4.78 is 13.1. The van der Waals surface area contributed by atoms with Crippen LogP contribution >= 0.6 is 11.8 Å². The van der Waals surface area contributed by atoms with E-state index < -0.39 is 0 Å². The fraction of sp³-hybridized carbons (Fsp3) is 0.211. The fourth-order valence-corrected chi connectivity index (χ4v) is 3.96. The maximum atomic E-state index is 5.40. The van der Waals surface area contributed by atoms with E-state index in [9.17, 15) is 0 Å². The number of hydrogen-bond acceptors (Lipinski definition) is 4. The van der Waals surface area contributed by atoms with Crippen LogP contribution < -0.4 is 9.47 Å². The lowest BCUT2D eigenvalue weighted by Gasteiger charge is -2.10. The number of ether oxygens (including phenoxy) is 2. The van der Waals surface area contributed by atoms with Crippen LogP contribution in [0.25, 0.3) is 22.5 Å². The van der Waals surface area contributed by atoms with E-state index in [1.165, 1.54) is 0 Å². The largest absolute Gasteiger partial charge is 0.497 e. The molecule has 5 heteroatoms. The maximum Gasteiger partial charge on any atom is 0.169 e. The maximum absolute atomic E-state index is 5.40. The second kappa shape index (κ2) is 6.24. The highest BCUT2D eigenvalue weighted by Crippen LogP contribution is 2.40.